The molecule has 0 saturated heterocycles. The van der Waals surface area contributed by atoms with Gasteiger partial charge in [0.05, 0.1) is 37.8 Å². The van der Waals surface area contributed by atoms with Gasteiger partial charge in [-0.1, -0.05) is 40.9 Å². The van der Waals surface area contributed by atoms with Crippen molar-refractivity contribution in [3.63, 3.8) is 0 Å². The van der Waals surface area contributed by atoms with E-state index >= 15 is 0 Å². The minimum atomic E-state index is -1.36. The molecule has 0 aromatic heterocycles. The number of anilines is 2. The number of carbonyl (C=O) groups is 2. The van der Waals surface area contributed by atoms with Crippen LogP contribution in [0.5, 0.6) is 0 Å². The molecule has 0 heterocycles. The fourth-order valence-corrected chi connectivity index (χ4v) is 5.02. The Morgan fingerprint density at radius 2 is 1.63 bits per heavy atom. The molecule has 5 nitrogen and oxygen atoms in total. The summed E-state index contributed by atoms with van der Waals surface area (Å²) in [7, 11) is 0. The van der Waals surface area contributed by atoms with Crippen LogP contribution in [0.3, 0.4) is 0 Å². The molecular weight excluding hydrogens is 559 g/mol. The Labute approximate surface area is 224 Å². The van der Waals surface area contributed by atoms with Crippen LogP contribution in [-0.2, 0) is 4.79 Å². The first kappa shape index (κ1) is 25.6. The fraction of sp³-hybridized carbons (Fsp3) is 0.125. The van der Waals surface area contributed by atoms with Gasteiger partial charge in [-0.3, -0.25) is 9.59 Å². The molecule has 0 radical (unpaired) electrons. The third kappa shape index (κ3) is 5.20. The van der Waals surface area contributed by atoms with Crippen LogP contribution in [-0.4, -0.2) is 16.1 Å². The highest BCUT2D eigenvalue weighted by atomic mass is 35.5. The third-order valence-electron chi connectivity index (χ3n) is 5.47. The van der Waals surface area contributed by atoms with E-state index in [1.54, 1.807) is 18.2 Å². The molecular formula is C24H13Cl5FN3O2. The number of nitrogens with zero attached hydrogens (tertiary/aromatic N) is 1. The number of hydrogen-bond acceptors (Lipinski definition) is 3. The smallest absolute Gasteiger partial charge is 0.257 e. The molecule has 2 amide bonds. The summed E-state index contributed by atoms with van der Waals surface area (Å²) in [6, 6.07) is 14.4. The van der Waals surface area contributed by atoms with Crippen LogP contribution in [0.4, 0.5) is 15.8 Å². The SMILES string of the molecule is N#Cc1cc(F)ccc1NC(=O)c1cc(NC(=O)[C@H]2[C@H](c3ccc(Cl)c(Cl)c3)C2(Cl)Cl)ccc1Cl. The second-order valence-electron chi connectivity index (χ2n) is 7.74. The monoisotopic (exact) mass is 569 g/mol. The Morgan fingerprint density at radius 3 is 2.31 bits per heavy atom. The number of alkyl halides is 2. The molecule has 178 valence electrons. The maximum Gasteiger partial charge on any atom is 0.257 e. The van der Waals surface area contributed by atoms with Crippen LogP contribution in [0.2, 0.25) is 15.1 Å². The highest BCUT2D eigenvalue weighted by Gasteiger charge is 2.67. The number of rotatable bonds is 5. The van der Waals surface area contributed by atoms with Crippen molar-refractivity contribution >= 4 is 81.2 Å². The van der Waals surface area contributed by atoms with Gasteiger partial charge in [0, 0.05) is 11.6 Å². The van der Waals surface area contributed by atoms with Crippen molar-refractivity contribution in [3.8, 4) is 6.07 Å². The first-order valence-electron chi connectivity index (χ1n) is 9.97. The van der Waals surface area contributed by atoms with Crippen LogP contribution in [0.1, 0.15) is 27.4 Å². The average molecular weight is 572 g/mol. The number of hydrogen-bond donors (Lipinski definition) is 2. The van der Waals surface area contributed by atoms with Crippen molar-refractivity contribution in [1.29, 1.82) is 5.26 Å². The van der Waals surface area contributed by atoms with Crippen molar-refractivity contribution in [2.45, 2.75) is 10.3 Å². The van der Waals surface area contributed by atoms with Gasteiger partial charge in [-0.25, -0.2) is 4.39 Å². The summed E-state index contributed by atoms with van der Waals surface area (Å²) >= 11 is 31.0. The molecule has 0 unspecified atom stereocenters. The predicted molar refractivity (Wildman–Crippen MR) is 136 cm³/mol. The molecule has 0 aliphatic heterocycles. The molecule has 1 fully saturated rings. The van der Waals surface area contributed by atoms with Gasteiger partial charge in [0.25, 0.3) is 5.91 Å². The second kappa shape index (κ2) is 9.85. The summed E-state index contributed by atoms with van der Waals surface area (Å²) in [5.41, 5.74) is 1.02. The van der Waals surface area contributed by atoms with Crippen LogP contribution in [0.25, 0.3) is 0 Å². The zero-order valence-corrected chi connectivity index (χ0v) is 21.2. The number of carbonyl (C=O) groups excluding carboxylic acids is 2. The maximum atomic E-state index is 13.4. The van der Waals surface area contributed by atoms with Gasteiger partial charge in [-0.05, 0) is 54.1 Å². The Balaban J connectivity index is 1.52. The summed E-state index contributed by atoms with van der Waals surface area (Å²) < 4.78 is 12.0. The molecule has 35 heavy (non-hydrogen) atoms. The van der Waals surface area contributed by atoms with E-state index in [1.807, 2.05) is 6.07 Å². The highest BCUT2D eigenvalue weighted by Crippen LogP contribution is 2.65. The van der Waals surface area contributed by atoms with Crippen LogP contribution < -0.4 is 10.6 Å². The highest BCUT2D eigenvalue weighted by molar-refractivity contribution is 6.53. The number of nitriles is 1. The van der Waals surface area contributed by atoms with Gasteiger partial charge in [0.1, 0.15) is 16.2 Å². The molecule has 3 aromatic carbocycles. The zero-order valence-electron chi connectivity index (χ0n) is 17.4. The molecule has 1 aliphatic carbocycles. The zero-order chi connectivity index (χ0) is 25.5. The topological polar surface area (TPSA) is 82.0 Å². The van der Waals surface area contributed by atoms with Gasteiger partial charge in [0.2, 0.25) is 5.91 Å². The standard InChI is InChI=1S/C24H13Cl5FN3O2/c25-16-5-3-14(9-15(16)22(34)33-19-6-2-13(30)7-12(19)10-31)32-23(35)21-20(24(21,28)29)11-1-4-17(26)18(27)8-11/h1-9,20-21H,(H,32,35)(H,33,34)/t20-,21+/m0/s1. The first-order chi connectivity index (χ1) is 16.5. The molecule has 11 heteroatoms. The molecule has 0 bridgehead atoms. The third-order valence-corrected chi connectivity index (χ3v) is 7.48. The molecule has 1 aliphatic rings. The van der Waals surface area contributed by atoms with Crippen molar-refractivity contribution in [2.24, 2.45) is 5.92 Å². The summed E-state index contributed by atoms with van der Waals surface area (Å²) in [6.45, 7) is 0. The predicted octanol–water partition coefficient (Wildman–Crippen LogP) is 7.44. The summed E-state index contributed by atoms with van der Waals surface area (Å²) in [6.07, 6.45) is 0. The molecule has 2 atom stereocenters. The Kier molecular flexibility index (Phi) is 7.19. The van der Waals surface area contributed by atoms with E-state index in [2.05, 4.69) is 10.6 Å². The second-order valence-corrected chi connectivity index (χ2v) is 10.4. The lowest BCUT2D eigenvalue weighted by molar-refractivity contribution is -0.117. The van der Waals surface area contributed by atoms with Crippen molar-refractivity contribution < 1.29 is 14.0 Å². The van der Waals surface area contributed by atoms with Crippen LogP contribution in [0, 0.1) is 23.1 Å². The summed E-state index contributed by atoms with van der Waals surface area (Å²) in [4.78, 5) is 25.7. The number of halogens is 6. The molecule has 0 spiro atoms. The summed E-state index contributed by atoms with van der Waals surface area (Å²) in [5.74, 6) is -3.04. The van der Waals surface area contributed by atoms with Crippen molar-refractivity contribution in [2.75, 3.05) is 10.6 Å². The van der Waals surface area contributed by atoms with E-state index in [0.29, 0.717) is 15.6 Å². The number of amides is 2. The minimum absolute atomic E-state index is 0.0255. The van der Waals surface area contributed by atoms with Gasteiger partial charge in [-0.2, -0.15) is 5.26 Å². The lowest BCUT2D eigenvalue weighted by atomic mass is 10.1. The first-order valence-corrected chi connectivity index (χ1v) is 11.9. The van der Waals surface area contributed by atoms with E-state index in [0.717, 1.165) is 12.1 Å². The molecule has 3 aromatic rings. The van der Waals surface area contributed by atoms with Crippen molar-refractivity contribution in [1.82, 2.24) is 0 Å². The van der Waals surface area contributed by atoms with Gasteiger partial charge in [-0.15, -0.1) is 23.2 Å². The Hall–Kier alpha value is -2.53. The molecule has 4 rings (SSSR count). The fourth-order valence-electron chi connectivity index (χ4n) is 3.68. The molecule has 2 N–H and O–H groups in total. The van der Waals surface area contributed by atoms with E-state index in [1.165, 1.54) is 24.3 Å². The average Bonchev–Trinajstić information content (AvgIpc) is 3.39. The van der Waals surface area contributed by atoms with Crippen molar-refractivity contribution in [3.05, 3.63) is 92.2 Å². The quantitative estimate of drug-likeness (QED) is 0.313. The van der Waals surface area contributed by atoms with E-state index in [4.69, 9.17) is 58.0 Å². The van der Waals surface area contributed by atoms with Gasteiger partial charge >= 0.3 is 0 Å². The van der Waals surface area contributed by atoms with Gasteiger partial charge in [0.15, 0.2) is 0 Å². The summed E-state index contributed by atoms with van der Waals surface area (Å²) in [5, 5.41) is 15.2. The van der Waals surface area contributed by atoms with E-state index < -0.39 is 33.8 Å². The van der Waals surface area contributed by atoms with Gasteiger partial charge < -0.3 is 10.6 Å². The normalized spacial score (nSPS) is 17.9. The maximum absolute atomic E-state index is 13.4. The van der Waals surface area contributed by atoms with Crippen LogP contribution >= 0.6 is 58.0 Å². The number of benzene rings is 3. The lowest BCUT2D eigenvalue weighted by Crippen LogP contribution is -2.18. The van der Waals surface area contributed by atoms with E-state index in [-0.39, 0.29) is 27.5 Å². The van der Waals surface area contributed by atoms with Crippen LogP contribution in [0.15, 0.2) is 54.6 Å². The Morgan fingerprint density at radius 1 is 0.914 bits per heavy atom. The number of nitrogens with one attached hydrogen (secondary N) is 2. The minimum Gasteiger partial charge on any atom is -0.326 e. The largest absolute Gasteiger partial charge is 0.326 e. The molecule has 1 saturated carbocycles. The Bertz CT molecular complexity index is 1410. The lowest BCUT2D eigenvalue weighted by Gasteiger charge is -2.11. The van der Waals surface area contributed by atoms with E-state index in [9.17, 15) is 19.2 Å².